The highest BCUT2D eigenvalue weighted by atomic mass is 32.2. The Morgan fingerprint density at radius 3 is 2.79 bits per heavy atom. The second-order valence-corrected chi connectivity index (χ2v) is 9.76. The highest BCUT2D eigenvalue weighted by molar-refractivity contribution is 7.91. The summed E-state index contributed by atoms with van der Waals surface area (Å²) < 4.78 is 30.9. The number of fused-ring (bicyclic) bond motifs is 3. The quantitative estimate of drug-likeness (QED) is 0.672. The van der Waals surface area contributed by atoms with E-state index in [0.717, 1.165) is 15.4 Å². The number of nitrogens with one attached hydrogen (secondary N) is 3. The van der Waals surface area contributed by atoms with Crippen molar-refractivity contribution >= 4 is 27.6 Å². The molecule has 5 rings (SSSR count). The van der Waals surface area contributed by atoms with Crippen molar-refractivity contribution in [2.24, 2.45) is 0 Å². The third-order valence-corrected chi connectivity index (χ3v) is 8.64. The first-order valence-corrected chi connectivity index (χ1v) is 10.2. The number of aryl methyl sites for hydroxylation is 1. The summed E-state index contributed by atoms with van der Waals surface area (Å²) in [6.07, 6.45) is 1.60. The molecule has 1 atom stereocenters. The van der Waals surface area contributed by atoms with Crippen molar-refractivity contribution in [3.05, 3.63) is 41.0 Å². The summed E-state index contributed by atoms with van der Waals surface area (Å²) in [5.41, 5.74) is 1.47. The average Bonchev–Trinajstić information content (AvgIpc) is 3.34. The molecule has 3 aliphatic rings. The van der Waals surface area contributed by atoms with Crippen LogP contribution in [0, 0.1) is 12.3 Å². The lowest BCUT2D eigenvalue weighted by Gasteiger charge is -2.54. The van der Waals surface area contributed by atoms with Crippen LogP contribution in [-0.2, 0) is 22.0 Å². The van der Waals surface area contributed by atoms with E-state index in [0.29, 0.717) is 24.9 Å². The minimum Gasteiger partial charge on any atom is -0.344 e. The molecule has 1 aliphatic heterocycles. The van der Waals surface area contributed by atoms with Crippen molar-refractivity contribution in [1.29, 1.82) is 5.41 Å². The van der Waals surface area contributed by atoms with E-state index in [1.165, 1.54) is 7.05 Å². The van der Waals surface area contributed by atoms with Gasteiger partial charge in [0, 0.05) is 26.1 Å². The highest BCUT2D eigenvalue weighted by Crippen LogP contribution is 2.63. The first-order chi connectivity index (χ1) is 13.2. The number of aromatic nitrogens is 2. The fourth-order valence-electron chi connectivity index (χ4n) is 4.37. The van der Waals surface area contributed by atoms with Crippen molar-refractivity contribution in [3.63, 3.8) is 0 Å². The molecule has 2 aliphatic carbocycles. The molecule has 1 saturated carbocycles. The maximum atomic E-state index is 13.0. The van der Waals surface area contributed by atoms with Gasteiger partial charge in [0.1, 0.15) is 4.75 Å². The van der Waals surface area contributed by atoms with Gasteiger partial charge in [0.05, 0.1) is 5.54 Å². The zero-order valence-corrected chi connectivity index (χ0v) is 16.1. The van der Waals surface area contributed by atoms with E-state index in [1.54, 1.807) is 19.1 Å². The van der Waals surface area contributed by atoms with Crippen LogP contribution in [0.1, 0.15) is 40.5 Å². The second kappa shape index (κ2) is 5.10. The van der Waals surface area contributed by atoms with Crippen LogP contribution >= 0.6 is 0 Å². The minimum absolute atomic E-state index is 0.0738. The van der Waals surface area contributed by atoms with E-state index >= 15 is 0 Å². The third kappa shape index (κ3) is 1.94. The number of hydrogen-bond donors (Lipinski definition) is 3. The first-order valence-electron chi connectivity index (χ1n) is 8.80. The lowest BCUT2D eigenvalue weighted by Crippen LogP contribution is -2.72. The summed E-state index contributed by atoms with van der Waals surface area (Å²) in [4.78, 5) is 16.2. The number of amides is 1. The van der Waals surface area contributed by atoms with Crippen LogP contribution in [0.3, 0.4) is 0 Å². The van der Waals surface area contributed by atoms with E-state index in [9.17, 15) is 13.2 Å². The van der Waals surface area contributed by atoms with E-state index in [1.807, 2.05) is 6.07 Å². The Morgan fingerprint density at radius 2 is 2.14 bits per heavy atom. The zero-order chi connectivity index (χ0) is 19.9. The van der Waals surface area contributed by atoms with Crippen LogP contribution in [0.5, 0.6) is 0 Å². The van der Waals surface area contributed by atoms with E-state index < -0.39 is 26.2 Å². The van der Waals surface area contributed by atoms with Gasteiger partial charge in [-0.05, 0) is 36.1 Å². The molecule has 11 heteroatoms. The smallest absolute Gasteiger partial charge is 0.297 e. The molecule has 3 N–H and O–H groups in total. The van der Waals surface area contributed by atoms with Gasteiger partial charge in [-0.1, -0.05) is 11.2 Å². The van der Waals surface area contributed by atoms with Gasteiger partial charge < -0.3 is 15.2 Å². The number of nitrogens with zero attached hydrogens (tertiary/aromatic N) is 3. The Balaban J connectivity index is 1.51. The number of hydrogen-bond acceptors (Lipinski definition) is 7. The molecule has 146 valence electrons. The predicted molar refractivity (Wildman–Crippen MR) is 98.3 cm³/mol. The Kier molecular flexibility index (Phi) is 3.13. The van der Waals surface area contributed by atoms with Crippen LogP contribution in [0.2, 0.25) is 0 Å². The Morgan fingerprint density at radius 1 is 1.39 bits per heavy atom. The van der Waals surface area contributed by atoms with Crippen molar-refractivity contribution < 1.29 is 17.7 Å². The van der Waals surface area contributed by atoms with Crippen LogP contribution in [0.4, 0.5) is 5.69 Å². The third-order valence-electron chi connectivity index (χ3n) is 6.00. The van der Waals surface area contributed by atoms with E-state index in [-0.39, 0.29) is 17.7 Å². The monoisotopic (exact) mass is 402 g/mol. The molecule has 2 spiro atoms. The van der Waals surface area contributed by atoms with Gasteiger partial charge in [0.15, 0.2) is 0 Å². The normalized spacial score (nSPS) is 25.8. The standard InChI is InChI=1S/C17H18N6O4S/c1-9-19-13(22-27-9)14(24)20-11-4-3-10-8-17(12(10)7-11)16(5-6-16)28(25,26)23(2)15(18)21-17/h3-4,7H,5-6,8H2,1-2H3,(H2,18,21)(H,20,24)/t17-/m1/s1. The fraction of sp³-hybridized carbons (Fsp3) is 0.412. The van der Waals surface area contributed by atoms with Gasteiger partial charge in [0.2, 0.25) is 21.9 Å². The number of carbonyl (C=O) groups excluding carboxylic acids is 1. The first kappa shape index (κ1) is 17.2. The maximum absolute atomic E-state index is 13.0. The van der Waals surface area contributed by atoms with Gasteiger partial charge in [-0.2, -0.15) is 4.98 Å². The summed E-state index contributed by atoms with van der Waals surface area (Å²) in [6, 6.07) is 5.39. The van der Waals surface area contributed by atoms with Crippen LogP contribution < -0.4 is 10.6 Å². The number of guanidine groups is 1. The number of rotatable bonds is 2. The topological polar surface area (TPSA) is 141 Å². The molecule has 1 aromatic carbocycles. The van der Waals surface area contributed by atoms with Gasteiger partial charge in [-0.15, -0.1) is 0 Å². The van der Waals surface area contributed by atoms with Gasteiger partial charge in [0.25, 0.3) is 11.7 Å². The van der Waals surface area contributed by atoms with Crippen molar-refractivity contribution in [1.82, 2.24) is 19.8 Å². The van der Waals surface area contributed by atoms with E-state index in [4.69, 9.17) is 9.93 Å². The summed E-state index contributed by atoms with van der Waals surface area (Å²) in [5, 5.41) is 17.6. The molecular formula is C17H18N6O4S. The minimum atomic E-state index is -3.64. The van der Waals surface area contributed by atoms with Crippen molar-refractivity contribution in [3.8, 4) is 0 Å². The number of benzene rings is 1. The summed E-state index contributed by atoms with van der Waals surface area (Å²) >= 11 is 0. The average molecular weight is 402 g/mol. The van der Waals surface area contributed by atoms with Crippen molar-refractivity contribution in [2.75, 3.05) is 12.4 Å². The fourth-order valence-corrected chi connectivity index (χ4v) is 6.47. The number of carbonyl (C=O) groups is 1. The second-order valence-electron chi connectivity index (χ2n) is 7.49. The highest BCUT2D eigenvalue weighted by Gasteiger charge is 2.75. The lowest BCUT2D eigenvalue weighted by molar-refractivity contribution is 0.101. The molecule has 10 nitrogen and oxygen atoms in total. The predicted octanol–water partition coefficient (Wildman–Crippen LogP) is 0.714. The maximum Gasteiger partial charge on any atom is 0.297 e. The van der Waals surface area contributed by atoms with Gasteiger partial charge in [-0.25, -0.2) is 12.7 Å². The molecule has 0 unspecified atom stereocenters. The van der Waals surface area contributed by atoms with Crippen LogP contribution in [0.25, 0.3) is 0 Å². The van der Waals surface area contributed by atoms with Gasteiger partial charge in [-0.3, -0.25) is 10.2 Å². The Hall–Kier alpha value is -2.95. The molecule has 2 heterocycles. The largest absolute Gasteiger partial charge is 0.344 e. The number of anilines is 1. The number of sulfonamides is 1. The molecule has 0 radical (unpaired) electrons. The van der Waals surface area contributed by atoms with Gasteiger partial charge >= 0.3 is 0 Å². The van der Waals surface area contributed by atoms with Crippen LogP contribution in [-0.4, -0.2) is 46.5 Å². The van der Waals surface area contributed by atoms with Crippen molar-refractivity contribution in [2.45, 2.75) is 36.5 Å². The molecule has 1 saturated heterocycles. The zero-order valence-electron chi connectivity index (χ0n) is 15.2. The molecule has 0 bridgehead atoms. The Bertz CT molecular complexity index is 1150. The summed E-state index contributed by atoms with van der Waals surface area (Å²) in [7, 11) is -2.24. The SMILES string of the molecule is Cc1nc(C(=O)Nc2ccc3c(c2)[C@@]2(C3)NC(=N)N(C)S(=O)(=O)C23CC3)no1. The lowest BCUT2D eigenvalue weighted by atomic mass is 9.67. The summed E-state index contributed by atoms with van der Waals surface area (Å²) in [6.45, 7) is 1.59. The molecular weight excluding hydrogens is 384 g/mol. The van der Waals surface area contributed by atoms with E-state index in [2.05, 4.69) is 20.8 Å². The molecule has 2 aromatic rings. The molecule has 1 aromatic heterocycles. The molecule has 1 amide bonds. The Labute approximate surface area is 160 Å². The van der Waals surface area contributed by atoms with Crippen LogP contribution in [0.15, 0.2) is 22.7 Å². The molecule has 28 heavy (non-hydrogen) atoms. The summed E-state index contributed by atoms with van der Waals surface area (Å²) in [5.74, 6) is -0.436. The molecule has 2 fully saturated rings.